The monoisotopic (exact) mass is 168 g/mol. The zero-order valence-electron chi connectivity index (χ0n) is 7.16. The van der Waals surface area contributed by atoms with Crippen LogP contribution in [0, 0.1) is 0 Å². The Morgan fingerprint density at radius 1 is 1.75 bits per heavy atom. The number of nitrogens with two attached hydrogens (primary N) is 1. The molecule has 0 aliphatic rings. The zero-order valence-corrected chi connectivity index (χ0v) is 7.16. The maximum atomic E-state index is 11.0. The van der Waals surface area contributed by atoms with Crippen molar-refractivity contribution < 1.29 is 0 Å². The van der Waals surface area contributed by atoms with Crippen molar-refractivity contribution in [1.29, 1.82) is 0 Å². The highest BCUT2D eigenvalue weighted by atomic mass is 16.1. The first kappa shape index (κ1) is 8.58. The number of rotatable bonds is 2. The molecule has 1 heterocycles. The van der Waals surface area contributed by atoms with Gasteiger partial charge in [-0.05, 0) is 6.92 Å². The SMILES string of the molecule is CCN(C)c1nc[nH]c(=O)c1N. The van der Waals surface area contributed by atoms with E-state index in [9.17, 15) is 4.79 Å². The lowest BCUT2D eigenvalue weighted by molar-refractivity contribution is 0.926. The Bertz CT molecular complexity index is 319. The van der Waals surface area contributed by atoms with Gasteiger partial charge in [-0.15, -0.1) is 0 Å². The predicted octanol–water partition coefficient (Wildman–Crippen LogP) is -0.192. The molecule has 0 radical (unpaired) electrons. The summed E-state index contributed by atoms with van der Waals surface area (Å²) < 4.78 is 0. The summed E-state index contributed by atoms with van der Waals surface area (Å²) >= 11 is 0. The van der Waals surface area contributed by atoms with E-state index in [0.717, 1.165) is 6.54 Å². The van der Waals surface area contributed by atoms with Crippen molar-refractivity contribution in [3.8, 4) is 0 Å². The summed E-state index contributed by atoms with van der Waals surface area (Å²) in [5.41, 5.74) is 5.39. The average molecular weight is 168 g/mol. The molecule has 3 N–H and O–H groups in total. The number of H-pyrrole nitrogens is 1. The van der Waals surface area contributed by atoms with Crippen LogP contribution in [0.5, 0.6) is 0 Å². The minimum absolute atomic E-state index is 0.168. The molecule has 1 rings (SSSR count). The van der Waals surface area contributed by atoms with Crippen LogP contribution in [0.15, 0.2) is 11.1 Å². The summed E-state index contributed by atoms with van der Waals surface area (Å²) in [5, 5.41) is 0. The van der Waals surface area contributed by atoms with E-state index in [4.69, 9.17) is 5.73 Å². The molecule has 0 unspecified atom stereocenters. The van der Waals surface area contributed by atoms with Gasteiger partial charge in [0.15, 0.2) is 5.82 Å². The van der Waals surface area contributed by atoms with Gasteiger partial charge in [0.25, 0.3) is 5.56 Å². The highest BCUT2D eigenvalue weighted by molar-refractivity contribution is 5.60. The van der Waals surface area contributed by atoms with Crippen molar-refractivity contribution >= 4 is 11.5 Å². The highest BCUT2D eigenvalue weighted by Gasteiger charge is 2.06. The lowest BCUT2D eigenvalue weighted by atomic mass is 10.4. The van der Waals surface area contributed by atoms with Crippen LogP contribution in [0.3, 0.4) is 0 Å². The Morgan fingerprint density at radius 3 is 3.00 bits per heavy atom. The molecule has 0 aliphatic heterocycles. The molecule has 1 aromatic rings. The smallest absolute Gasteiger partial charge is 0.276 e. The Labute approximate surface area is 70.2 Å². The van der Waals surface area contributed by atoms with E-state index in [-0.39, 0.29) is 11.2 Å². The molecular formula is C7H12N4O. The van der Waals surface area contributed by atoms with E-state index in [2.05, 4.69) is 9.97 Å². The molecule has 0 atom stereocenters. The first-order valence-electron chi connectivity index (χ1n) is 3.71. The maximum Gasteiger partial charge on any atom is 0.276 e. The van der Waals surface area contributed by atoms with Crippen LogP contribution in [0.2, 0.25) is 0 Å². The van der Waals surface area contributed by atoms with Crippen LogP contribution in [-0.4, -0.2) is 23.6 Å². The van der Waals surface area contributed by atoms with Crippen LogP contribution < -0.4 is 16.2 Å². The largest absolute Gasteiger partial charge is 0.391 e. The van der Waals surface area contributed by atoms with Crippen LogP contribution in [0.25, 0.3) is 0 Å². The number of nitrogens with zero attached hydrogens (tertiary/aromatic N) is 2. The number of anilines is 2. The van der Waals surface area contributed by atoms with Crippen molar-refractivity contribution in [2.24, 2.45) is 0 Å². The minimum Gasteiger partial charge on any atom is -0.391 e. The fourth-order valence-electron chi connectivity index (χ4n) is 0.855. The van der Waals surface area contributed by atoms with E-state index >= 15 is 0 Å². The third-order valence-corrected chi connectivity index (χ3v) is 1.70. The molecule has 12 heavy (non-hydrogen) atoms. The standard InChI is InChI=1S/C7H12N4O/c1-3-11(2)6-5(8)7(12)10-4-9-6/h4H,3,8H2,1-2H3,(H,9,10,12). The van der Waals surface area contributed by atoms with Crippen LogP contribution in [0.4, 0.5) is 11.5 Å². The van der Waals surface area contributed by atoms with Gasteiger partial charge in [0, 0.05) is 13.6 Å². The lowest BCUT2D eigenvalue weighted by Crippen LogP contribution is -2.23. The lowest BCUT2D eigenvalue weighted by Gasteiger charge is -2.15. The van der Waals surface area contributed by atoms with E-state index < -0.39 is 0 Å². The summed E-state index contributed by atoms with van der Waals surface area (Å²) in [6.07, 6.45) is 1.35. The molecule has 66 valence electrons. The third kappa shape index (κ3) is 1.39. The molecule has 0 saturated heterocycles. The third-order valence-electron chi connectivity index (χ3n) is 1.70. The summed E-state index contributed by atoms with van der Waals surface area (Å²) in [4.78, 5) is 19.2. The number of nitrogen functional groups attached to an aromatic ring is 1. The van der Waals surface area contributed by atoms with Crippen molar-refractivity contribution in [3.63, 3.8) is 0 Å². The molecular weight excluding hydrogens is 156 g/mol. The second-order valence-electron chi connectivity index (χ2n) is 2.48. The van der Waals surface area contributed by atoms with Gasteiger partial charge in [-0.2, -0.15) is 0 Å². The van der Waals surface area contributed by atoms with Gasteiger partial charge >= 0.3 is 0 Å². The Kier molecular flexibility index (Phi) is 2.32. The molecule has 1 aromatic heterocycles. The first-order valence-corrected chi connectivity index (χ1v) is 3.71. The van der Waals surface area contributed by atoms with Gasteiger partial charge in [0.05, 0.1) is 6.33 Å². The van der Waals surface area contributed by atoms with Crippen LogP contribution in [-0.2, 0) is 0 Å². The minimum atomic E-state index is -0.291. The summed E-state index contributed by atoms with van der Waals surface area (Å²) in [5.74, 6) is 0.529. The van der Waals surface area contributed by atoms with Gasteiger partial charge in [-0.25, -0.2) is 4.98 Å². The van der Waals surface area contributed by atoms with Crippen molar-refractivity contribution in [2.75, 3.05) is 24.2 Å². The molecule has 0 bridgehead atoms. The quantitative estimate of drug-likeness (QED) is 0.641. The fraction of sp³-hybridized carbons (Fsp3) is 0.429. The summed E-state index contributed by atoms with van der Waals surface area (Å²) in [7, 11) is 1.83. The van der Waals surface area contributed by atoms with E-state index in [0.29, 0.717) is 5.82 Å². The van der Waals surface area contributed by atoms with Gasteiger partial charge in [0.2, 0.25) is 0 Å². The molecule has 0 amide bonds. The predicted molar refractivity (Wildman–Crippen MR) is 48.2 cm³/mol. The van der Waals surface area contributed by atoms with Gasteiger partial charge in [0.1, 0.15) is 5.69 Å². The number of hydrogen-bond acceptors (Lipinski definition) is 4. The molecule has 0 spiro atoms. The second kappa shape index (κ2) is 3.25. The van der Waals surface area contributed by atoms with E-state index in [1.807, 2.05) is 18.9 Å². The molecule has 0 saturated carbocycles. The molecule has 0 aliphatic carbocycles. The topological polar surface area (TPSA) is 75.0 Å². The Hall–Kier alpha value is -1.52. The molecule has 5 nitrogen and oxygen atoms in total. The summed E-state index contributed by atoms with van der Waals surface area (Å²) in [6, 6.07) is 0. The molecule has 0 aromatic carbocycles. The average Bonchev–Trinajstić information content (AvgIpc) is 2.08. The van der Waals surface area contributed by atoms with Crippen molar-refractivity contribution in [3.05, 3.63) is 16.7 Å². The van der Waals surface area contributed by atoms with Crippen LogP contribution in [0.1, 0.15) is 6.92 Å². The fourth-order valence-corrected chi connectivity index (χ4v) is 0.855. The summed E-state index contributed by atoms with van der Waals surface area (Å²) in [6.45, 7) is 2.73. The molecule has 5 heteroatoms. The number of aromatic amines is 1. The zero-order chi connectivity index (χ0) is 9.14. The van der Waals surface area contributed by atoms with Gasteiger partial charge < -0.3 is 15.6 Å². The normalized spacial score (nSPS) is 9.83. The van der Waals surface area contributed by atoms with Crippen LogP contribution >= 0.6 is 0 Å². The van der Waals surface area contributed by atoms with Gasteiger partial charge in [-0.1, -0.05) is 0 Å². The van der Waals surface area contributed by atoms with E-state index in [1.54, 1.807) is 0 Å². The second-order valence-corrected chi connectivity index (χ2v) is 2.48. The number of hydrogen-bond donors (Lipinski definition) is 2. The first-order chi connectivity index (χ1) is 5.66. The van der Waals surface area contributed by atoms with E-state index in [1.165, 1.54) is 6.33 Å². The number of nitrogens with one attached hydrogen (secondary N) is 1. The Balaban J connectivity index is 3.16. The maximum absolute atomic E-state index is 11.0. The molecule has 0 fully saturated rings. The highest BCUT2D eigenvalue weighted by Crippen LogP contribution is 2.11. The van der Waals surface area contributed by atoms with Crippen molar-refractivity contribution in [2.45, 2.75) is 6.92 Å². The van der Waals surface area contributed by atoms with Crippen molar-refractivity contribution in [1.82, 2.24) is 9.97 Å². The van der Waals surface area contributed by atoms with Gasteiger partial charge in [-0.3, -0.25) is 4.79 Å². The number of aromatic nitrogens is 2. The Morgan fingerprint density at radius 2 is 2.42 bits per heavy atom.